The van der Waals surface area contributed by atoms with Crippen LogP contribution in [0.1, 0.15) is 28.8 Å². The molecule has 4 heteroatoms. The third kappa shape index (κ3) is 2.85. The van der Waals surface area contributed by atoms with Crippen LogP contribution in [0, 0.1) is 6.92 Å². The maximum Gasteiger partial charge on any atom is 0.253 e. The molecule has 98 valence electrons. The maximum absolute atomic E-state index is 12.3. The molecule has 1 aromatic carbocycles. The van der Waals surface area contributed by atoms with Crippen molar-refractivity contribution in [1.29, 1.82) is 0 Å². The SMILES string of the molecule is Cc1c(Cl)cccc1C(=O)N(C)CC1CCCN1. The quantitative estimate of drug-likeness (QED) is 0.912. The summed E-state index contributed by atoms with van der Waals surface area (Å²) in [5, 5.41) is 4.05. The van der Waals surface area contributed by atoms with Gasteiger partial charge in [-0.1, -0.05) is 17.7 Å². The summed E-state index contributed by atoms with van der Waals surface area (Å²) in [5.74, 6) is 0.0451. The molecule has 0 bridgehead atoms. The van der Waals surface area contributed by atoms with Crippen molar-refractivity contribution in [3.05, 3.63) is 34.3 Å². The molecule has 1 fully saturated rings. The zero-order chi connectivity index (χ0) is 13.1. The highest BCUT2D eigenvalue weighted by atomic mass is 35.5. The Balaban J connectivity index is 2.07. The van der Waals surface area contributed by atoms with Crippen LogP contribution in [0.5, 0.6) is 0 Å². The molecule has 1 heterocycles. The Morgan fingerprint density at radius 1 is 1.56 bits per heavy atom. The number of hydrogen-bond acceptors (Lipinski definition) is 2. The molecule has 1 aliphatic rings. The number of benzene rings is 1. The summed E-state index contributed by atoms with van der Waals surface area (Å²) >= 11 is 6.05. The van der Waals surface area contributed by atoms with Gasteiger partial charge in [-0.3, -0.25) is 4.79 Å². The van der Waals surface area contributed by atoms with Gasteiger partial charge in [-0.05, 0) is 44.0 Å². The second-order valence-corrected chi connectivity index (χ2v) is 5.30. The van der Waals surface area contributed by atoms with Crippen LogP contribution in [-0.2, 0) is 0 Å². The molecule has 1 atom stereocenters. The number of hydrogen-bond donors (Lipinski definition) is 1. The van der Waals surface area contributed by atoms with Gasteiger partial charge in [-0.25, -0.2) is 0 Å². The highest BCUT2D eigenvalue weighted by Crippen LogP contribution is 2.20. The van der Waals surface area contributed by atoms with E-state index >= 15 is 0 Å². The third-order valence-corrected chi connectivity index (χ3v) is 3.91. The Kier molecular flexibility index (Phi) is 4.25. The molecule has 3 nitrogen and oxygen atoms in total. The Hall–Kier alpha value is -1.06. The van der Waals surface area contributed by atoms with Crippen molar-refractivity contribution in [2.75, 3.05) is 20.1 Å². The molecule has 1 saturated heterocycles. The number of rotatable bonds is 3. The largest absolute Gasteiger partial charge is 0.340 e. The van der Waals surface area contributed by atoms with Crippen molar-refractivity contribution in [2.45, 2.75) is 25.8 Å². The highest BCUT2D eigenvalue weighted by Gasteiger charge is 2.20. The van der Waals surface area contributed by atoms with E-state index in [2.05, 4.69) is 5.32 Å². The first-order chi connectivity index (χ1) is 8.59. The minimum absolute atomic E-state index is 0.0451. The Labute approximate surface area is 113 Å². The van der Waals surface area contributed by atoms with Gasteiger partial charge in [0.2, 0.25) is 0 Å². The van der Waals surface area contributed by atoms with Gasteiger partial charge in [-0.2, -0.15) is 0 Å². The lowest BCUT2D eigenvalue weighted by Gasteiger charge is -2.22. The molecule has 1 amide bonds. The average molecular weight is 267 g/mol. The molecule has 1 N–H and O–H groups in total. The molecule has 0 aromatic heterocycles. The van der Waals surface area contributed by atoms with Crippen LogP contribution in [0.3, 0.4) is 0 Å². The lowest BCUT2D eigenvalue weighted by molar-refractivity contribution is 0.0783. The molecule has 18 heavy (non-hydrogen) atoms. The van der Waals surface area contributed by atoms with Gasteiger partial charge >= 0.3 is 0 Å². The first kappa shape index (κ1) is 13.4. The van der Waals surface area contributed by atoms with E-state index in [0.717, 1.165) is 25.1 Å². The lowest BCUT2D eigenvalue weighted by atomic mass is 10.1. The molecular formula is C14H19ClN2O. The number of amides is 1. The first-order valence-electron chi connectivity index (χ1n) is 6.33. The summed E-state index contributed by atoms with van der Waals surface area (Å²) in [4.78, 5) is 14.1. The predicted molar refractivity (Wildman–Crippen MR) is 74.2 cm³/mol. The minimum atomic E-state index is 0.0451. The van der Waals surface area contributed by atoms with E-state index < -0.39 is 0 Å². The average Bonchev–Trinajstić information content (AvgIpc) is 2.84. The molecule has 1 aliphatic heterocycles. The molecular weight excluding hydrogens is 248 g/mol. The second-order valence-electron chi connectivity index (χ2n) is 4.89. The Morgan fingerprint density at radius 3 is 3.00 bits per heavy atom. The van der Waals surface area contributed by atoms with Gasteiger partial charge in [0.15, 0.2) is 0 Å². The summed E-state index contributed by atoms with van der Waals surface area (Å²) in [5.41, 5.74) is 1.55. The van der Waals surface area contributed by atoms with Gasteiger partial charge in [-0.15, -0.1) is 0 Å². The standard InChI is InChI=1S/C14H19ClN2O/c1-10-12(6-3-7-13(10)15)14(18)17(2)9-11-5-4-8-16-11/h3,6-7,11,16H,4-5,8-9H2,1-2H3. The van der Waals surface area contributed by atoms with E-state index in [1.807, 2.05) is 32.2 Å². The van der Waals surface area contributed by atoms with Crippen LogP contribution < -0.4 is 5.32 Å². The van der Waals surface area contributed by atoms with Crippen LogP contribution in [-0.4, -0.2) is 37.0 Å². The van der Waals surface area contributed by atoms with Crippen molar-refractivity contribution in [3.8, 4) is 0 Å². The fourth-order valence-corrected chi connectivity index (χ4v) is 2.55. The fourth-order valence-electron chi connectivity index (χ4n) is 2.37. The molecule has 1 unspecified atom stereocenters. The number of carbonyl (C=O) groups excluding carboxylic acids is 1. The van der Waals surface area contributed by atoms with E-state index in [1.54, 1.807) is 4.90 Å². The number of nitrogens with one attached hydrogen (secondary N) is 1. The van der Waals surface area contributed by atoms with E-state index in [-0.39, 0.29) is 5.91 Å². The topological polar surface area (TPSA) is 32.3 Å². The fraction of sp³-hybridized carbons (Fsp3) is 0.500. The Morgan fingerprint density at radius 2 is 2.33 bits per heavy atom. The van der Waals surface area contributed by atoms with E-state index in [0.29, 0.717) is 16.6 Å². The van der Waals surface area contributed by atoms with Gasteiger partial charge < -0.3 is 10.2 Å². The van der Waals surface area contributed by atoms with Crippen LogP contribution >= 0.6 is 11.6 Å². The Bertz CT molecular complexity index is 441. The minimum Gasteiger partial charge on any atom is -0.340 e. The second kappa shape index (κ2) is 5.72. The summed E-state index contributed by atoms with van der Waals surface area (Å²) in [6.45, 7) is 3.70. The predicted octanol–water partition coefficient (Wildman–Crippen LogP) is 2.47. The summed E-state index contributed by atoms with van der Waals surface area (Å²) < 4.78 is 0. The smallest absolute Gasteiger partial charge is 0.253 e. The summed E-state index contributed by atoms with van der Waals surface area (Å²) in [6, 6.07) is 5.90. The molecule has 0 saturated carbocycles. The monoisotopic (exact) mass is 266 g/mol. The van der Waals surface area contributed by atoms with Gasteiger partial charge in [0.25, 0.3) is 5.91 Å². The maximum atomic E-state index is 12.3. The first-order valence-corrected chi connectivity index (χ1v) is 6.71. The zero-order valence-corrected chi connectivity index (χ0v) is 11.6. The molecule has 0 spiro atoms. The van der Waals surface area contributed by atoms with Gasteiger partial charge in [0, 0.05) is 30.2 Å². The van der Waals surface area contributed by atoms with E-state index in [1.165, 1.54) is 6.42 Å². The van der Waals surface area contributed by atoms with Crippen molar-refractivity contribution in [2.24, 2.45) is 0 Å². The van der Waals surface area contributed by atoms with Crippen molar-refractivity contribution < 1.29 is 4.79 Å². The van der Waals surface area contributed by atoms with Gasteiger partial charge in [0.1, 0.15) is 0 Å². The zero-order valence-electron chi connectivity index (χ0n) is 10.9. The lowest BCUT2D eigenvalue weighted by Crippen LogP contribution is -2.38. The van der Waals surface area contributed by atoms with Crippen molar-refractivity contribution in [3.63, 3.8) is 0 Å². The van der Waals surface area contributed by atoms with Crippen molar-refractivity contribution in [1.82, 2.24) is 10.2 Å². The summed E-state index contributed by atoms with van der Waals surface area (Å²) in [6.07, 6.45) is 2.34. The van der Waals surface area contributed by atoms with Crippen LogP contribution in [0.4, 0.5) is 0 Å². The number of likely N-dealkylation sites (N-methyl/N-ethyl adjacent to an activating group) is 1. The number of halogens is 1. The van der Waals surface area contributed by atoms with E-state index in [9.17, 15) is 4.79 Å². The third-order valence-electron chi connectivity index (χ3n) is 3.50. The molecule has 0 radical (unpaired) electrons. The number of carbonyl (C=O) groups is 1. The molecule has 2 rings (SSSR count). The van der Waals surface area contributed by atoms with Crippen molar-refractivity contribution >= 4 is 17.5 Å². The normalized spacial score (nSPS) is 18.9. The van der Waals surface area contributed by atoms with Crippen LogP contribution in [0.15, 0.2) is 18.2 Å². The van der Waals surface area contributed by atoms with Gasteiger partial charge in [0.05, 0.1) is 0 Å². The van der Waals surface area contributed by atoms with E-state index in [4.69, 9.17) is 11.6 Å². The summed E-state index contributed by atoms with van der Waals surface area (Å²) in [7, 11) is 1.85. The van der Waals surface area contributed by atoms with Crippen LogP contribution in [0.25, 0.3) is 0 Å². The van der Waals surface area contributed by atoms with Crippen LogP contribution in [0.2, 0.25) is 5.02 Å². The highest BCUT2D eigenvalue weighted by molar-refractivity contribution is 6.31. The number of nitrogens with zero attached hydrogens (tertiary/aromatic N) is 1. The molecule has 0 aliphatic carbocycles. The molecule has 1 aromatic rings.